The van der Waals surface area contributed by atoms with Crippen molar-refractivity contribution in [3.63, 3.8) is 0 Å². The molecule has 10 heteroatoms. The van der Waals surface area contributed by atoms with Crippen LogP contribution < -0.4 is 20.8 Å². The largest absolute Gasteiger partial charge is 0.539 e. The maximum absolute atomic E-state index is 9.04. The third-order valence-corrected chi connectivity index (χ3v) is 5.54. The van der Waals surface area contributed by atoms with Crippen molar-refractivity contribution in [3.05, 3.63) is 60.7 Å². The lowest BCUT2D eigenvalue weighted by Gasteiger charge is -2.17. The molecule has 0 radical (unpaired) electrons. The summed E-state index contributed by atoms with van der Waals surface area (Å²) in [6, 6.07) is 16.3. The standard InChI is InChI=1S/C21H28N2.2C2H2O4/c1-2-7-18(16-22-15-13-19-10-6-14-23-19)21-12-5-9-17-8-3-4-11-20(17)21;2*3-1(4)2(5)6/h2-5,8-9,11-12,18-19,22-23H,1,6-7,10,13-16H2;2*(H,3,4)(H,5,6). The first kappa shape index (κ1) is 29.3. The van der Waals surface area contributed by atoms with Gasteiger partial charge in [-0.25, -0.2) is 9.59 Å². The number of carboxylic acids is 4. The average Bonchev–Trinajstić information content (AvgIpc) is 3.35. The van der Waals surface area contributed by atoms with Crippen molar-refractivity contribution in [1.29, 1.82) is 0 Å². The van der Waals surface area contributed by atoms with E-state index in [2.05, 4.69) is 65.8 Å². The number of nitrogens with two attached hydrogens (primary N) is 2. The van der Waals surface area contributed by atoms with Gasteiger partial charge in [-0.2, -0.15) is 0 Å². The molecule has 1 heterocycles. The molecule has 0 saturated carbocycles. The van der Waals surface area contributed by atoms with Crippen molar-refractivity contribution in [2.45, 2.75) is 37.6 Å². The molecule has 0 aliphatic carbocycles. The molecule has 1 aliphatic heterocycles. The third-order valence-electron chi connectivity index (χ3n) is 5.54. The molecule has 2 aromatic carbocycles. The van der Waals surface area contributed by atoms with E-state index in [0.717, 1.165) is 19.0 Å². The highest BCUT2D eigenvalue weighted by atomic mass is 16.4. The molecular formula is C25H32N2O8. The smallest absolute Gasteiger partial charge is 0.351 e. The van der Waals surface area contributed by atoms with Gasteiger partial charge in [0.15, 0.2) is 11.9 Å². The molecule has 1 fully saturated rings. The summed E-state index contributed by atoms with van der Waals surface area (Å²) >= 11 is 0. The fourth-order valence-electron chi connectivity index (χ4n) is 3.92. The summed E-state index contributed by atoms with van der Waals surface area (Å²) in [5, 5.41) is 40.4. The first-order chi connectivity index (χ1) is 16.7. The van der Waals surface area contributed by atoms with Gasteiger partial charge >= 0.3 is 11.9 Å². The van der Waals surface area contributed by atoms with Gasteiger partial charge in [0.25, 0.3) is 0 Å². The lowest BCUT2D eigenvalue weighted by Crippen LogP contribution is -2.90. The number of carboxylic acid groups (broad SMARTS) is 4. The third kappa shape index (κ3) is 11.3. The van der Waals surface area contributed by atoms with Crippen molar-refractivity contribution in [2.75, 3.05) is 19.6 Å². The summed E-state index contributed by atoms with van der Waals surface area (Å²) in [7, 11) is 0. The quantitative estimate of drug-likeness (QED) is 0.183. The predicted octanol–water partition coefficient (Wildman–Crippen LogP) is -2.18. The number of carbonyl (C=O) groups is 4. The summed E-state index contributed by atoms with van der Waals surface area (Å²) in [5.41, 5.74) is 1.48. The monoisotopic (exact) mass is 488 g/mol. The fourth-order valence-corrected chi connectivity index (χ4v) is 3.92. The van der Waals surface area contributed by atoms with E-state index in [1.807, 2.05) is 0 Å². The molecule has 2 aromatic rings. The fraction of sp³-hybridized carbons (Fsp3) is 0.360. The van der Waals surface area contributed by atoms with Crippen LogP contribution in [0.2, 0.25) is 0 Å². The second kappa shape index (κ2) is 16.0. The van der Waals surface area contributed by atoms with E-state index in [4.69, 9.17) is 39.6 Å². The van der Waals surface area contributed by atoms with Crippen molar-refractivity contribution >= 4 is 34.6 Å². The number of aliphatic carboxylic acids is 4. The van der Waals surface area contributed by atoms with Crippen LogP contribution in [0.5, 0.6) is 0 Å². The van der Waals surface area contributed by atoms with Gasteiger partial charge < -0.3 is 40.6 Å². The topological polar surface area (TPSA) is 188 Å². The summed E-state index contributed by atoms with van der Waals surface area (Å²) < 4.78 is 0. The van der Waals surface area contributed by atoms with E-state index in [9.17, 15) is 0 Å². The van der Waals surface area contributed by atoms with Crippen LogP contribution in [0, 0.1) is 0 Å². The molecule has 2 unspecified atom stereocenters. The van der Waals surface area contributed by atoms with Gasteiger partial charge in [-0.3, -0.25) is 0 Å². The van der Waals surface area contributed by atoms with Gasteiger partial charge in [0, 0.05) is 25.2 Å². The van der Waals surface area contributed by atoms with Crippen LogP contribution >= 0.6 is 0 Å². The van der Waals surface area contributed by atoms with Crippen LogP contribution in [-0.2, 0) is 19.2 Å². The Morgan fingerprint density at radius 2 is 1.66 bits per heavy atom. The summed E-state index contributed by atoms with van der Waals surface area (Å²) in [6.45, 7) is 7.72. The number of allylic oxidation sites excluding steroid dienone is 1. The Bertz CT molecular complexity index is 949. The van der Waals surface area contributed by atoms with E-state index in [1.54, 1.807) is 0 Å². The highest BCUT2D eigenvalue weighted by Crippen LogP contribution is 2.27. The summed E-state index contributed by atoms with van der Waals surface area (Å²) in [6.07, 6.45) is 7.29. The molecule has 190 valence electrons. The number of hydrogen-bond donors (Lipinski definition) is 4. The molecule has 1 saturated heterocycles. The van der Waals surface area contributed by atoms with E-state index < -0.39 is 23.9 Å². The van der Waals surface area contributed by atoms with E-state index in [0.29, 0.717) is 5.92 Å². The Balaban J connectivity index is 0.000000425. The number of benzene rings is 2. The molecule has 1 aliphatic rings. The first-order valence-corrected chi connectivity index (χ1v) is 11.3. The summed E-state index contributed by atoms with van der Waals surface area (Å²) in [4.78, 5) is 36.1. The Morgan fingerprint density at radius 1 is 1.06 bits per heavy atom. The van der Waals surface area contributed by atoms with Gasteiger partial charge in [0.2, 0.25) is 0 Å². The highest BCUT2D eigenvalue weighted by molar-refractivity contribution is 6.26. The Labute approximate surface area is 203 Å². The van der Waals surface area contributed by atoms with Gasteiger partial charge in [-0.15, -0.1) is 6.58 Å². The van der Waals surface area contributed by atoms with Gasteiger partial charge in [0.1, 0.15) is 0 Å². The lowest BCUT2D eigenvalue weighted by atomic mass is 9.91. The number of rotatable bonds is 8. The molecule has 2 atom stereocenters. The molecule has 10 nitrogen and oxygen atoms in total. The number of quaternary nitrogens is 2. The molecule has 0 aromatic heterocycles. The minimum Gasteiger partial charge on any atom is -0.539 e. The highest BCUT2D eigenvalue weighted by Gasteiger charge is 2.19. The minimum atomic E-state index is -2.07. The molecule has 35 heavy (non-hydrogen) atoms. The van der Waals surface area contributed by atoms with E-state index in [-0.39, 0.29) is 0 Å². The SMILES string of the molecule is C=CCC(C[NH2+]CCC1CCC[NH2+]1)c1cccc2ccccc12.O=C([O-])C(=O)O.O=C([O-])C(=O)O. The van der Waals surface area contributed by atoms with E-state index in [1.165, 1.54) is 48.7 Å². The molecule has 0 amide bonds. The summed E-state index contributed by atoms with van der Waals surface area (Å²) in [5.74, 6) is -7.46. The van der Waals surface area contributed by atoms with Crippen molar-refractivity contribution in [2.24, 2.45) is 0 Å². The minimum absolute atomic E-state index is 0.561. The Hall–Kier alpha value is -3.76. The van der Waals surface area contributed by atoms with Gasteiger partial charge in [-0.05, 0) is 22.8 Å². The first-order valence-electron chi connectivity index (χ1n) is 11.3. The van der Waals surface area contributed by atoms with Crippen LogP contribution in [0.1, 0.15) is 37.2 Å². The number of carbonyl (C=O) groups excluding carboxylic acids is 2. The van der Waals surface area contributed by atoms with Crippen LogP contribution in [0.15, 0.2) is 55.1 Å². The van der Waals surface area contributed by atoms with Crippen LogP contribution in [0.25, 0.3) is 10.8 Å². The van der Waals surface area contributed by atoms with Crippen molar-refractivity contribution in [1.82, 2.24) is 0 Å². The maximum Gasteiger partial charge on any atom is 0.351 e. The molecule has 6 N–H and O–H groups in total. The zero-order valence-electron chi connectivity index (χ0n) is 19.4. The van der Waals surface area contributed by atoms with Crippen molar-refractivity contribution in [3.8, 4) is 0 Å². The number of hydrogen-bond acceptors (Lipinski definition) is 6. The number of fused-ring (bicyclic) bond motifs is 1. The molecule has 0 bridgehead atoms. The molecule has 0 spiro atoms. The molecule has 3 rings (SSSR count). The average molecular weight is 489 g/mol. The second-order valence-corrected chi connectivity index (χ2v) is 8.00. The molecular weight excluding hydrogens is 456 g/mol. The van der Waals surface area contributed by atoms with Crippen LogP contribution in [-0.4, -0.2) is 59.8 Å². The van der Waals surface area contributed by atoms with Crippen LogP contribution in [0.4, 0.5) is 0 Å². The second-order valence-electron chi connectivity index (χ2n) is 8.00. The predicted molar refractivity (Wildman–Crippen MR) is 123 cm³/mol. The Kier molecular flexibility index (Phi) is 13.4. The van der Waals surface area contributed by atoms with Crippen LogP contribution in [0.3, 0.4) is 0 Å². The normalized spacial score (nSPS) is 15.0. The zero-order chi connectivity index (χ0) is 26.2. The maximum atomic E-state index is 9.04. The van der Waals surface area contributed by atoms with Gasteiger partial charge in [0.05, 0.1) is 25.7 Å². The Morgan fingerprint density at radius 3 is 2.20 bits per heavy atom. The van der Waals surface area contributed by atoms with Gasteiger partial charge in [-0.1, -0.05) is 48.5 Å². The van der Waals surface area contributed by atoms with Crippen molar-refractivity contribution < 1.29 is 50.2 Å². The lowest BCUT2D eigenvalue weighted by molar-refractivity contribution is -0.692. The van der Waals surface area contributed by atoms with E-state index >= 15 is 0 Å². The zero-order valence-corrected chi connectivity index (χ0v) is 19.4.